The summed E-state index contributed by atoms with van der Waals surface area (Å²) in [7, 11) is 0. The zero-order chi connectivity index (χ0) is 9.97. The summed E-state index contributed by atoms with van der Waals surface area (Å²) in [5.41, 5.74) is 1.82. The van der Waals surface area contributed by atoms with Gasteiger partial charge in [0.25, 0.3) is 0 Å². The third-order valence-electron chi connectivity index (χ3n) is 1.93. The van der Waals surface area contributed by atoms with Crippen LogP contribution in [0.2, 0.25) is 0 Å². The Bertz CT molecular complexity index is 447. The molecule has 0 fully saturated rings. The second kappa shape index (κ2) is 3.41. The first-order valence-corrected chi connectivity index (χ1v) is 4.06. The van der Waals surface area contributed by atoms with Crippen molar-refractivity contribution in [3.05, 3.63) is 41.8 Å². The van der Waals surface area contributed by atoms with E-state index >= 15 is 0 Å². The fraction of sp³-hybridized carbons (Fsp3) is 0. The first kappa shape index (κ1) is 8.62. The number of aldehydes is 1. The van der Waals surface area contributed by atoms with E-state index in [1.165, 1.54) is 18.3 Å². The van der Waals surface area contributed by atoms with Gasteiger partial charge in [0.2, 0.25) is 0 Å². The first-order chi connectivity index (χ1) is 6.81. The molecule has 0 aliphatic rings. The van der Waals surface area contributed by atoms with Crippen LogP contribution in [0.25, 0.3) is 11.3 Å². The number of aromatic nitrogens is 2. The summed E-state index contributed by atoms with van der Waals surface area (Å²) in [5.74, 6) is -0.305. The molecule has 2 aromatic rings. The molecule has 0 amide bonds. The minimum absolute atomic E-state index is 0.305. The standard InChI is InChI=1S/C10H7FN2O/c11-9-3-1-7(2-4-9)10-8(6-14)5-12-13-10/h1-6H,(H,12,13). The van der Waals surface area contributed by atoms with Crippen LogP contribution in [0.5, 0.6) is 0 Å². The molecule has 0 spiro atoms. The molecule has 2 rings (SSSR count). The van der Waals surface area contributed by atoms with E-state index in [2.05, 4.69) is 10.2 Å². The molecule has 0 saturated carbocycles. The van der Waals surface area contributed by atoms with Crippen LogP contribution in [-0.2, 0) is 0 Å². The lowest BCUT2D eigenvalue weighted by Crippen LogP contribution is -1.84. The summed E-state index contributed by atoms with van der Waals surface area (Å²) >= 11 is 0. The highest BCUT2D eigenvalue weighted by atomic mass is 19.1. The maximum absolute atomic E-state index is 12.6. The monoisotopic (exact) mass is 190 g/mol. The predicted octanol–water partition coefficient (Wildman–Crippen LogP) is 2.03. The zero-order valence-corrected chi connectivity index (χ0v) is 7.20. The van der Waals surface area contributed by atoms with Crippen LogP contribution in [0.3, 0.4) is 0 Å². The smallest absolute Gasteiger partial charge is 0.153 e. The molecule has 3 nitrogen and oxygen atoms in total. The van der Waals surface area contributed by atoms with Crippen molar-refractivity contribution in [3.63, 3.8) is 0 Å². The maximum atomic E-state index is 12.6. The van der Waals surface area contributed by atoms with Gasteiger partial charge in [-0.05, 0) is 24.3 Å². The lowest BCUT2D eigenvalue weighted by molar-refractivity contribution is 0.112. The van der Waals surface area contributed by atoms with Gasteiger partial charge in [0, 0.05) is 5.56 Å². The molecule has 0 unspecified atom stereocenters. The van der Waals surface area contributed by atoms with E-state index in [1.54, 1.807) is 12.1 Å². The average Bonchev–Trinajstić information content (AvgIpc) is 2.67. The van der Waals surface area contributed by atoms with E-state index < -0.39 is 0 Å². The highest BCUT2D eigenvalue weighted by molar-refractivity contribution is 5.85. The Balaban J connectivity index is 2.49. The topological polar surface area (TPSA) is 45.8 Å². The Morgan fingerprint density at radius 1 is 1.29 bits per heavy atom. The number of carbonyl (C=O) groups excluding carboxylic acids is 1. The third-order valence-corrected chi connectivity index (χ3v) is 1.93. The van der Waals surface area contributed by atoms with Crippen LogP contribution >= 0.6 is 0 Å². The van der Waals surface area contributed by atoms with Gasteiger partial charge in [-0.3, -0.25) is 9.89 Å². The minimum atomic E-state index is -0.305. The largest absolute Gasteiger partial charge is 0.298 e. The third kappa shape index (κ3) is 1.42. The summed E-state index contributed by atoms with van der Waals surface area (Å²) in [4.78, 5) is 10.6. The minimum Gasteiger partial charge on any atom is -0.298 e. The summed E-state index contributed by atoms with van der Waals surface area (Å²) < 4.78 is 12.6. The SMILES string of the molecule is O=Cc1cn[nH]c1-c1ccc(F)cc1. The number of benzene rings is 1. The van der Waals surface area contributed by atoms with E-state index in [0.29, 0.717) is 17.5 Å². The van der Waals surface area contributed by atoms with Crippen LogP contribution in [-0.4, -0.2) is 16.5 Å². The van der Waals surface area contributed by atoms with Crippen molar-refractivity contribution in [2.45, 2.75) is 0 Å². The Labute approximate surface area is 79.6 Å². The van der Waals surface area contributed by atoms with Crippen molar-refractivity contribution in [1.82, 2.24) is 10.2 Å². The van der Waals surface area contributed by atoms with Gasteiger partial charge in [0.15, 0.2) is 6.29 Å². The second-order valence-corrected chi connectivity index (χ2v) is 2.83. The number of nitrogens with zero attached hydrogens (tertiary/aromatic N) is 1. The molecule has 70 valence electrons. The van der Waals surface area contributed by atoms with Crippen molar-refractivity contribution < 1.29 is 9.18 Å². The molecule has 1 aromatic carbocycles. The molecule has 1 aromatic heterocycles. The Kier molecular flexibility index (Phi) is 2.10. The van der Waals surface area contributed by atoms with Crippen LogP contribution < -0.4 is 0 Å². The van der Waals surface area contributed by atoms with Crippen LogP contribution in [0, 0.1) is 5.82 Å². The summed E-state index contributed by atoms with van der Waals surface area (Å²) in [6.45, 7) is 0. The number of hydrogen-bond donors (Lipinski definition) is 1. The molecule has 0 bridgehead atoms. The number of halogens is 1. The van der Waals surface area contributed by atoms with Crippen molar-refractivity contribution in [2.24, 2.45) is 0 Å². The summed E-state index contributed by atoms with van der Waals surface area (Å²) in [6, 6.07) is 5.86. The van der Waals surface area contributed by atoms with Crippen molar-refractivity contribution >= 4 is 6.29 Å². The van der Waals surface area contributed by atoms with E-state index in [9.17, 15) is 9.18 Å². The second-order valence-electron chi connectivity index (χ2n) is 2.83. The molecule has 14 heavy (non-hydrogen) atoms. The quantitative estimate of drug-likeness (QED) is 0.736. The van der Waals surface area contributed by atoms with Crippen molar-refractivity contribution in [3.8, 4) is 11.3 Å². The number of rotatable bonds is 2. The van der Waals surface area contributed by atoms with Gasteiger partial charge in [-0.2, -0.15) is 5.10 Å². The molecule has 0 aliphatic carbocycles. The van der Waals surface area contributed by atoms with E-state index in [-0.39, 0.29) is 5.82 Å². The molecule has 0 atom stereocenters. The molecular formula is C10H7FN2O. The van der Waals surface area contributed by atoms with Crippen molar-refractivity contribution in [2.75, 3.05) is 0 Å². The lowest BCUT2D eigenvalue weighted by atomic mass is 10.1. The summed E-state index contributed by atoms with van der Waals surface area (Å²) in [6.07, 6.45) is 2.15. The molecular weight excluding hydrogens is 183 g/mol. The van der Waals surface area contributed by atoms with E-state index in [4.69, 9.17) is 0 Å². The molecule has 0 aliphatic heterocycles. The molecule has 1 N–H and O–H groups in total. The number of nitrogens with one attached hydrogen (secondary N) is 1. The molecule has 1 heterocycles. The normalized spacial score (nSPS) is 10.1. The van der Waals surface area contributed by atoms with Gasteiger partial charge in [-0.15, -0.1) is 0 Å². The van der Waals surface area contributed by atoms with Gasteiger partial charge in [-0.25, -0.2) is 4.39 Å². The van der Waals surface area contributed by atoms with Gasteiger partial charge in [0.05, 0.1) is 17.5 Å². The highest BCUT2D eigenvalue weighted by Gasteiger charge is 2.05. The highest BCUT2D eigenvalue weighted by Crippen LogP contribution is 2.19. The van der Waals surface area contributed by atoms with Crippen LogP contribution in [0.15, 0.2) is 30.5 Å². The average molecular weight is 190 g/mol. The zero-order valence-electron chi connectivity index (χ0n) is 7.20. The van der Waals surface area contributed by atoms with E-state index in [0.717, 1.165) is 5.56 Å². The van der Waals surface area contributed by atoms with Crippen LogP contribution in [0.1, 0.15) is 10.4 Å². The van der Waals surface area contributed by atoms with Crippen LogP contribution in [0.4, 0.5) is 4.39 Å². The van der Waals surface area contributed by atoms with Gasteiger partial charge < -0.3 is 0 Å². The first-order valence-electron chi connectivity index (χ1n) is 4.06. The Morgan fingerprint density at radius 2 is 2.00 bits per heavy atom. The summed E-state index contributed by atoms with van der Waals surface area (Å²) in [5, 5.41) is 6.43. The molecule has 0 radical (unpaired) electrons. The van der Waals surface area contributed by atoms with Gasteiger partial charge in [-0.1, -0.05) is 0 Å². The predicted molar refractivity (Wildman–Crippen MR) is 49.4 cm³/mol. The fourth-order valence-corrected chi connectivity index (χ4v) is 1.23. The van der Waals surface area contributed by atoms with Gasteiger partial charge in [0.1, 0.15) is 5.82 Å². The van der Waals surface area contributed by atoms with E-state index in [1.807, 2.05) is 0 Å². The lowest BCUT2D eigenvalue weighted by Gasteiger charge is -1.97. The maximum Gasteiger partial charge on any atom is 0.153 e. The van der Waals surface area contributed by atoms with Gasteiger partial charge >= 0.3 is 0 Å². The Morgan fingerprint density at radius 3 is 2.64 bits per heavy atom. The number of H-pyrrole nitrogens is 1. The number of aromatic amines is 1. The number of carbonyl (C=O) groups is 1. The fourth-order valence-electron chi connectivity index (χ4n) is 1.23. The number of hydrogen-bond acceptors (Lipinski definition) is 2. The molecule has 0 saturated heterocycles. The molecule has 4 heteroatoms. The Hall–Kier alpha value is -1.97. The van der Waals surface area contributed by atoms with Crippen molar-refractivity contribution in [1.29, 1.82) is 0 Å².